The van der Waals surface area contributed by atoms with E-state index in [4.69, 9.17) is 16.3 Å². The van der Waals surface area contributed by atoms with Crippen LogP contribution in [-0.4, -0.2) is 17.3 Å². The summed E-state index contributed by atoms with van der Waals surface area (Å²) >= 11 is 5.83. The van der Waals surface area contributed by atoms with Crippen LogP contribution in [0.25, 0.3) is 11.3 Å². The second-order valence-corrected chi connectivity index (χ2v) is 3.42. The first-order valence-corrected chi connectivity index (χ1v) is 4.80. The molecule has 1 aromatic carbocycles. The molecule has 15 heavy (non-hydrogen) atoms. The van der Waals surface area contributed by atoms with Gasteiger partial charge >= 0.3 is 0 Å². The minimum Gasteiger partial charge on any atom is -0.497 e. The molecule has 0 N–H and O–H groups in total. The Morgan fingerprint density at radius 1 is 1.20 bits per heavy atom. The Labute approximate surface area is 92.7 Å². The Morgan fingerprint density at radius 3 is 2.53 bits per heavy atom. The fraction of sp³-hybridized carbons (Fsp3) is 0.0909. The molecule has 76 valence electrons. The third-order valence-corrected chi connectivity index (χ3v) is 2.21. The molecule has 3 nitrogen and oxygen atoms in total. The van der Waals surface area contributed by atoms with Crippen LogP contribution in [0, 0.1) is 0 Å². The molecule has 1 heterocycles. The maximum absolute atomic E-state index is 5.83. The fourth-order valence-electron chi connectivity index (χ4n) is 1.25. The zero-order valence-electron chi connectivity index (χ0n) is 8.14. The molecule has 0 fully saturated rings. The molecular weight excluding hydrogens is 212 g/mol. The zero-order valence-corrected chi connectivity index (χ0v) is 8.90. The standard InChI is InChI=1S/C11H9ClN2O/c1-15-10-4-2-8(3-5-10)11-6-9(12)7-13-14-11/h2-7H,1H3. The Bertz CT molecular complexity index is 456. The van der Waals surface area contributed by atoms with Crippen LogP contribution in [0.1, 0.15) is 0 Å². The van der Waals surface area contributed by atoms with Crippen molar-refractivity contribution in [2.24, 2.45) is 0 Å². The molecule has 0 amide bonds. The van der Waals surface area contributed by atoms with Gasteiger partial charge in [-0.3, -0.25) is 0 Å². The molecule has 0 radical (unpaired) electrons. The van der Waals surface area contributed by atoms with Crippen molar-refractivity contribution in [2.75, 3.05) is 7.11 Å². The molecule has 0 saturated carbocycles. The molecule has 0 spiro atoms. The third kappa shape index (κ3) is 2.25. The van der Waals surface area contributed by atoms with Crippen LogP contribution in [0.2, 0.25) is 5.02 Å². The highest BCUT2D eigenvalue weighted by molar-refractivity contribution is 6.30. The van der Waals surface area contributed by atoms with Crippen molar-refractivity contribution in [3.63, 3.8) is 0 Å². The van der Waals surface area contributed by atoms with Gasteiger partial charge in [-0.05, 0) is 30.3 Å². The van der Waals surface area contributed by atoms with E-state index in [1.807, 2.05) is 24.3 Å². The van der Waals surface area contributed by atoms with Gasteiger partial charge in [-0.2, -0.15) is 10.2 Å². The van der Waals surface area contributed by atoms with Gasteiger partial charge in [-0.25, -0.2) is 0 Å². The number of hydrogen-bond donors (Lipinski definition) is 0. The maximum Gasteiger partial charge on any atom is 0.118 e. The van der Waals surface area contributed by atoms with Crippen molar-refractivity contribution >= 4 is 11.6 Å². The van der Waals surface area contributed by atoms with Gasteiger partial charge in [0.05, 0.1) is 24.0 Å². The second kappa shape index (κ2) is 4.28. The number of rotatable bonds is 2. The average molecular weight is 221 g/mol. The van der Waals surface area contributed by atoms with Gasteiger partial charge in [0.1, 0.15) is 5.75 Å². The van der Waals surface area contributed by atoms with E-state index >= 15 is 0 Å². The minimum atomic E-state index is 0.579. The zero-order chi connectivity index (χ0) is 10.7. The molecule has 2 rings (SSSR count). The number of benzene rings is 1. The highest BCUT2D eigenvalue weighted by Crippen LogP contribution is 2.21. The molecule has 0 aliphatic carbocycles. The Kier molecular flexibility index (Phi) is 2.83. The predicted octanol–water partition coefficient (Wildman–Crippen LogP) is 2.81. The van der Waals surface area contributed by atoms with Crippen molar-refractivity contribution in [2.45, 2.75) is 0 Å². The predicted molar refractivity (Wildman–Crippen MR) is 59.0 cm³/mol. The van der Waals surface area contributed by atoms with Gasteiger partial charge in [0, 0.05) is 5.56 Å². The van der Waals surface area contributed by atoms with E-state index in [1.54, 1.807) is 13.2 Å². The third-order valence-electron chi connectivity index (χ3n) is 2.01. The monoisotopic (exact) mass is 220 g/mol. The van der Waals surface area contributed by atoms with Crippen molar-refractivity contribution in [3.8, 4) is 17.0 Å². The lowest BCUT2D eigenvalue weighted by Gasteiger charge is -2.02. The highest BCUT2D eigenvalue weighted by atomic mass is 35.5. The number of ether oxygens (including phenoxy) is 1. The first-order valence-electron chi connectivity index (χ1n) is 4.42. The van der Waals surface area contributed by atoms with Crippen molar-refractivity contribution in [3.05, 3.63) is 41.6 Å². The molecule has 2 aromatic rings. The summed E-state index contributed by atoms with van der Waals surface area (Å²) in [6.07, 6.45) is 1.51. The maximum atomic E-state index is 5.83. The summed E-state index contributed by atoms with van der Waals surface area (Å²) in [4.78, 5) is 0. The van der Waals surface area contributed by atoms with Crippen LogP contribution >= 0.6 is 11.6 Å². The summed E-state index contributed by atoms with van der Waals surface area (Å²) in [7, 11) is 1.63. The van der Waals surface area contributed by atoms with Crippen LogP contribution in [0.4, 0.5) is 0 Å². The van der Waals surface area contributed by atoms with Gasteiger partial charge in [0.15, 0.2) is 0 Å². The Balaban J connectivity index is 2.37. The second-order valence-electron chi connectivity index (χ2n) is 2.99. The van der Waals surface area contributed by atoms with Gasteiger partial charge in [-0.1, -0.05) is 11.6 Å². The number of aromatic nitrogens is 2. The number of methoxy groups -OCH3 is 1. The van der Waals surface area contributed by atoms with Crippen molar-refractivity contribution in [1.29, 1.82) is 0 Å². The van der Waals surface area contributed by atoms with Gasteiger partial charge in [0.2, 0.25) is 0 Å². The van der Waals surface area contributed by atoms with E-state index in [2.05, 4.69) is 10.2 Å². The lowest BCUT2D eigenvalue weighted by atomic mass is 10.1. The molecule has 0 atom stereocenters. The molecule has 1 aromatic heterocycles. The van der Waals surface area contributed by atoms with Crippen LogP contribution in [0.15, 0.2) is 36.5 Å². The molecule has 0 saturated heterocycles. The van der Waals surface area contributed by atoms with Gasteiger partial charge < -0.3 is 4.74 Å². The summed E-state index contributed by atoms with van der Waals surface area (Å²) in [6.45, 7) is 0. The van der Waals surface area contributed by atoms with Crippen molar-refractivity contribution in [1.82, 2.24) is 10.2 Å². The van der Waals surface area contributed by atoms with Gasteiger partial charge in [0.25, 0.3) is 0 Å². The largest absolute Gasteiger partial charge is 0.497 e. The van der Waals surface area contributed by atoms with Crippen LogP contribution in [-0.2, 0) is 0 Å². The van der Waals surface area contributed by atoms with Crippen LogP contribution in [0.5, 0.6) is 5.75 Å². The Morgan fingerprint density at radius 2 is 1.93 bits per heavy atom. The van der Waals surface area contributed by atoms with E-state index in [-0.39, 0.29) is 0 Å². The number of nitrogens with zero attached hydrogens (tertiary/aromatic N) is 2. The minimum absolute atomic E-state index is 0.579. The van der Waals surface area contributed by atoms with E-state index in [0.717, 1.165) is 17.0 Å². The smallest absolute Gasteiger partial charge is 0.118 e. The van der Waals surface area contributed by atoms with Crippen LogP contribution < -0.4 is 4.74 Å². The van der Waals surface area contributed by atoms with E-state index in [1.165, 1.54) is 6.20 Å². The summed E-state index contributed by atoms with van der Waals surface area (Å²) in [5.74, 6) is 0.814. The lowest BCUT2D eigenvalue weighted by molar-refractivity contribution is 0.415. The molecule has 0 unspecified atom stereocenters. The fourth-order valence-corrected chi connectivity index (χ4v) is 1.39. The van der Waals surface area contributed by atoms with E-state index < -0.39 is 0 Å². The topological polar surface area (TPSA) is 35.0 Å². The summed E-state index contributed by atoms with van der Waals surface area (Å²) < 4.78 is 5.07. The summed E-state index contributed by atoms with van der Waals surface area (Å²) in [6, 6.07) is 9.35. The molecule has 0 aliphatic heterocycles. The Hall–Kier alpha value is -1.61. The SMILES string of the molecule is COc1ccc(-c2cc(Cl)cnn2)cc1. The normalized spacial score (nSPS) is 10.0. The molecule has 0 bridgehead atoms. The molecular formula is C11H9ClN2O. The summed E-state index contributed by atoms with van der Waals surface area (Å²) in [5.41, 5.74) is 1.72. The highest BCUT2D eigenvalue weighted by Gasteiger charge is 2.00. The van der Waals surface area contributed by atoms with Crippen molar-refractivity contribution < 1.29 is 4.74 Å². The van der Waals surface area contributed by atoms with E-state index in [9.17, 15) is 0 Å². The van der Waals surface area contributed by atoms with Crippen LogP contribution in [0.3, 0.4) is 0 Å². The lowest BCUT2D eigenvalue weighted by Crippen LogP contribution is -1.87. The molecule has 0 aliphatic rings. The number of halogens is 1. The van der Waals surface area contributed by atoms with E-state index in [0.29, 0.717) is 5.02 Å². The van der Waals surface area contributed by atoms with Gasteiger partial charge in [-0.15, -0.1) is 0 Å². The molecule has 4 heteroatoms. The quantitative estimate of drug-likeness (QED) is 0.781. The summed E-state index contributed by atoms with van der Waals surface area (Å²) in [5, 5.41) is 8.36. The first-order chi connectivity index (χ1) is 7.29. The number of hydrogen-bond acceptors (Lipinski definition) is 3. The average Bonchev–Trinajstić information content (AvgIpc) is 2.29. The first kappa shape index (κ1) is 9.93.